The lowest BCUT2D eigenvalue weighted by atomic mass is 9.97. The molecule has 0 spiro atoms. The van der Waals surface area contributed by atoms with E-state index >= 15 is 0 Å². The van der Waals surface area contributed by atoms with Gasteiger partial charge in [0.2, 0.25) is 5.91 Å². The molecule has 24 heavy (non-hydrogen) atoms. The van der Waals surface area contributed by atoms with E-state index in [1.54, 1.807) is 0 Å². The van der Waals surface area contributed by atoms with Crippen molar-refractivity contribution in [3.63, 3.8) is 0 Å². The number of benzene rings is 1. The SMILES string of the molecule is C=CCOC(=O)NCC(CNC(C)=O)c1ccc(C(F)(F)F)cc1. The topological polar surface area (TPSA) is 67.4 Å². The first-order chi connectivity index (χ1) is 11.2. The first-order valence-corrected chi connectivity index (χ1v) is 7.17. The van der Waals surface area contributed by atoms with Gasteiger partial charge < -0.3 is 15.4 Å². The summed E-state index contributed by atoms with van der Waals surface area (Å²) >= 11 is 0. The maximum atomic E-state index is 12.6. The van der Waals surface area contributed by atoms with E-state index in [4.69, 9.17) is 4.74 Å². The lowest BCUT2D eigenvalue weighted by Gasteiger charge is -2.19. The van der Waals surface area contributed by atoms with Crippen molar-refractivity contribution in [1.82, 2.24) is 10.6 Å². The van der Waals surface area contributed by atoms with Crippen molar-refractivity contribution in [3.8, 4) is 0 Å². The number of hydrogen-bond donors (Lipinski definition) is 2. The molecule has 1 atom stereocenters. The third kappa shape index (κ3) is 6.72. The van der Waals surface area contributed by atoms with Crippen molar-refractivity contribution in [1.29, 1.82) is 0 Å². The van der Waals surface area contributed by atoms with Gasteiger partial charge in [0.25, 0.3) is 0 Å². The zero-order chi connectivity index (χ0) is 18.2. The Morgan fingerprint density at radius 2 is 1.79 bits per heavy atom. The molecule has 0 fully saturated rings. The molecule has 0 saturated heterocycles. The summed E-state index contributed by atoms with van der Waals surface area (Å²) in [6.07, 6.45) is -3.68. The molecule has 132 valence electrons. The summed E-state index contributed by atoms with van der Waals surface area (Å²) in [4.78, 5) is 22.5. The number of nitrogens with one attached hydrogen (secondary N) is 2. The van der Waals surface area contributed by atoms with Gasteiger partial charge in [-0.1, -0.05) is 24.8 Å². The third-order valence-corrected chi connectivity index (χ3v) is 3.13. The van der Waals surface area contributed by atoms with Crippen molar-refractivity contribution in [3.05, 3.63) is 48.0 Å². The summed E-state index contributed by atoms with van der Waals surface area (Å²) < 4.78 is 42.6. The third-order valence-electron chi connectivity index (χ3n) is 3.13. The van der Waals surface area contributed by atoms with Gasteiger partial charge in [-0.05, 0) is 17.7 Å². The molecule has 0 aliphatic rings. The molecule has 0 radical (unpaired) electrons. The van der Waals surface area contributed by atoms with Crippen LogP contribution in [-0.2, 0) is 15.7 Å². The Morgan fingerprint density at radius 3 is 2.29 bits per heavy atom. The predicted octanol–water partition coefficient (Wildman–Crippen LogP) is 2.84. The molecule has 0 saturated carbocycles. The second kappa shape index (κ2) is 8.95. The Balaban J connectivity index is 2.79. The van der Waals surface area contributed by atoms with Crippen molar-refractivity contribution in [2.75, 3.05) is 19.7 Å². The normalized spacial score (nSPS) is 12.2. The van der Waals surface area contributed by atoms with Gasteiger partial charge in [-0.15, -0.1) is 0 Å². The lowest BCUT2D eigenvalue weighted by Crippen LogP contribution is -2.35. The maximum absolute atomic E-state index is 12.6. The molecule has 2 amide bonds. The maximum Gasteiger partial charge on any atom is 0.416 e. The van der Waals surface area contributed by atoms with Gasteiger partial charge in [0.15, 0.2) is 0 Å². The van der Waals surface area contributed by atoms with E-state index in [9.17, 15) is 22.8 Å². The number of alkyl halides is 3. The fourth-order valence-corrected chi connectivity index (χ4v) is 1.91. The number of rotatable bonds is 7. The van der Waals surface area contributed by atoms with Crippen LogP contribution in [0, 0.1) is 0 Å². The van der Waals surface area contributed by atoms with Crippen LogP contribution in [0.5, 0.6) is 0 Å². The molecule has 0 heterocycles. The highest BCUT2D eigenvalue weighted by atomic mass is 19.4. The predicted molar refractivity (Wildman–Crippen MR) is 82.4 cm³/mol. The fourth-order valence-electron chi connectivity index (χ4n) is 1.91. The van der Waals surface area contributed by atoms with Crippen molar-refractivity contribution in [2.45, 2.75) is 19.0 Å². The lowest BCUT2D eigenvalue weighted by molar-refractivity contribution is -0.137. The van der Waals surface area contributed by atoms with Crippen LogP contribution in [0.15, 0.2) is 36.9 Å². The Bertz CT molecular complexity index is 571. The van der Waals surface area contributed by atoms with Gasteiger partial charge in [-0.3, -0.25) is 4.79 Å². The van der Waals surface area contributed by atoms with Crippen LogP contribution in [0.4, 0.5) is 18.0 Å². The molecule has 1 aromatic carbocycles. The molecule has 0 aromatic heterocycles. The van der Waals surface area contributed by atoms with E-state index in [1.165, 1.54) is 25.1 Å². The van der Waals surface area contributed by atoms with E-state index < -0.39 is 23.8 Å². The Morgan fingerprint density at radius 1 is 1.21 bits per heavy atom. The molecule has 5 nitrogen and oxygen atoms in total. The average molecular weight is 344 g/mol. The van der Waals surface area contributed by atoms with Crippen molar-refractivity contribution < 1.29 is 27.5 Å². The number of amides is 2. The van der Waals surface area contributed by atoms with Crippen LogP contribution in [0.1, 0.15) is 24.0 Å². The van der Waals surface area contributed by atoms with Crippen LogP contribution >= 0.6 is 0 Å². The summed E-state index contributed by atoms with van der Waals surface area (Å²) in [5.74, 6) is -0.673. The molecule has 2 N–H and O–H groups in total. The summed E-state index contributed by atoms with van der Waals surface area (Å²) in [7, 11) is 0. The number of ether oxygens (including phenoxy) is 1. The molecule has 8 heteroatoms. The highest BCUT2D eigenvalue weighted by Crippen LogP contribution is 2.30. The van der Waals surface area contributed by atoms with E-state index in [1.807, 2.05) is 0 Å². The van der Waals surface area contributed by atoms with Gasteiger partial charge in [0.05, 0.1) is 5.56 Å². The first kappa shape index (κ1) is 19.5. The zero-order valence-corrected chi connectivity index (χ0v) is 13.2. The second-order valence-corrected chi connectivity index (χ2v) is 5.02. The highest BCUT2D eigenvalue weighted by Gasteiger charge is 2.30. The van der Waals surface area contributed by atoms with Gasteiger partial charge >= 0.3 is 12.3 Å². The van der Waals surface area contributed by atoms with Crippen LogP contribution in [0.25, 0.3) is 0 Å². The number of halogens is 3. The molecule has 0 bridgehead atoms. The standard InChI is InChI=1S/C16H19F3N2O3/c1-3-8-24-15(23)21-10-13(9-20-11(2)22)12-4-6-14(7-5-12)16(17,18)19/h3-7,13H,1,8-10H2,2H3,(H,20,22)(H,21,23). The number of carbonyl (C=O) groups is 2. The minimum Gasteiger partial charge on any atom is -0.445 e. The van der Waals surface area contributed by atoms with E-state index in [2.05, 4.69) is 17.2 Å². The highest BCUT2D eigenvalue weighted by molar-refractivity contribution is 5.73. The number of alkyl carbamates (subject to hydrolysis) is 1. The quantitative estimate of drug-likeness (QED) is 0.748. The minimum atomic E-state index is -4.42. The van der Waals surface area contributed by atoms with Crippen LogP contribution in [0.2, 0.25) is 0 Å². The average Bonchev–Trinajstić information content (AvgIpc) is 2.52. The minimum absolute atomic E-state index is 0.0441. The smallest absolute Gasteiger partial charge is 0.416 e. The molecule has 1 aromatic rings. The summed E-state index contributed by atoms with van der Waals surface area (Å²) in [6.45, 7) is 5.05. The molecule has 0 aliphatic carbocycles. The second-order valence-electron chi connectivity index (χ2n) is 5.02. The van der Waals surface area contributed by atoms with Crippen molar-refractivity contribution >= 4 is 12.0 Å². The monoisotopic (exact) mass is 344 g/mol. The fraction of sp³-hybridized carbons (Fsp3) is 0.375. The largest absolute Gasteiger partial charge is 0.445 e. The van der Waals surface area contributed by atoms with E-state index in [0.29, 0.717) is 5.56 Å². The summed E-state index contributed by atoms with van der Waals surface area (Å²) in [5.41, 5.74) is -0.205. The van der Waals surface area contributed by atoms with E-state index in [-0.39, 0.29) is 25.6 Å². The molecular formula is C16H19F3N2O3. The zero-order valence-electron chi connectivity index (χ0n) is 13.2. The summed E-state index contributed by atoms with van der Waals surface area (Å²) in [6, 6.07) is 4.58. The molecular weight excluding hydrogens is 325 g/mol. The first-order valence-electron chi connectivity index (χ1n) is 7.17. The van der Waals surface area contributed by atoms with Crippen LogP contribution < -0.4 is 10.6 Å². The Hall–Kier alpha value is -2.51. The van der Waals surface area contributed by atoms with Gasteiger partial charge in [-0.25, -0.2) is 4.79 Å². The number of hydrogen-bond acceptors (Lipinski definition) is 3. The molecule has 1 unspecified atom stereocenters. The van der Waals surface area contributed by atoms with Crippen LogP contribution in [0.3, 0.4) is 0 Å². The van der Waals surface area contributed by atoms with Gasteiger partial charge in [-0.2, -0.15) is 13.2 Å². The number of carbonyl (C=O) groups excluding carboxylic acids is 2. The van der Waals surface area contributed by atoms with Gasteiger partial charge in [0.1, 0.15) is 6.61 Å². The van der Waals surface area contributed by atoms with Crippen molar-refractivity contribution in [2.24, 2.45) is 0 Å². The summed E-state index contributed by atoms with van der Waals surface area (Å²) in [5, 5.41) is 5.09. The van der Waals surface area contributed by atoms with E-state index in [0.717, 1.165) is 12.1 Å². The van der Waals surface area contributed by atoms with Gasteiger partial charge in [0, 0.05) is 25.9 Å². The molecule has 1 rings (SSSR count). The Labute approximate surface area is 137 Å². The Kier molecular flexibility index (Phi) is 7.29. The molecule has 0 aliphatic heterocycles. The van der Waals surface area contributed by atoms with Crippen LogP contribution in [-0.4, -0.2) is 31.7 Å².